The number of aryl methyl sites for hydroxylation is 1. The average molecular weight is 480 g/mol. The first-order valence-electron chi connectivity index (χ1n) is 12.3. The minimum absolute atomic E-state index is 0.354. The molecule has 0 bridgehead atoms. The summed E-state index contributed by atoms with van der Waals surface area (Å²) in [4.78, 5) is 4.87. The molecule has 1 aliphatic carbocycles. The first-order chi connectivity index (χ1) is 17.2. The van der Waals surface area contributed by atoms with E-state index in [1.807, 2.05) is 24.3 Å². The van der Waals surface area contributed by atoms with Gasteiger partial charge in [0.1, 0.15) is 23.7 Å². The van der Waals surface area contributed by atoms with Gasteiger partial charge in [-0.15, -0.1) is 0 Å². The molecule has 1 saturated carbocycles. The van der Waals surface area contributed by atoms with Crippen LogP contribution in [0.4, 0.5) is 0 Å². The third-order valence-electron chi connectivity index (χ3n) is 7.06. The van der Waals surface area contributed by atoms with E-state index in [2.05, 4.69) is 54.0 Å². The highest BCUT2D eigenvalue weighted by Gasteiger charge is 2.35. The van der Waals surface area contributed by atoms with Crippen LogP contribution in [0.15, 0.2) is 66.2 Å². The number of hydrogen-bond acceptors (Lipinski definition) is 3. The Balaban J connectivity index is 1.43. The van der Waals surface area contributed by atoms with Gasteiger partial charge in [0.05, 0.1) is 16.6 Å². The fourth-order valence-electron chi connectivity index (χ4n) is 5.31. The maximum absolute atomic E-state index is 9.24. The normalized spacial score (nSPS) is 18.4. The van der Waals surface area contributed by atoms with Crippen molar-refractivity contribution in [1.29, 1.82) is 5.26 Å². The van der Waals surface area contributed by atoms with E-state index in [0.29, 0.717) is 24.0 Å². The summed E-state index contributed by atoms with van der Waals surface area (Å²) in [7, 11) is 0. The molecule has 35 heavy (non-hydrogen) atoms. The van der Waals surface area contributed by atoms with Crippen LogP contribution in [0, 0.1) is 17.2 Å². The largest absolute Gasteiger partial charge is 0.488 e. The van der Waals surface area contributed by atoms with Gasteiger partial charge in [-0.2, -0.15) is 5.26 Å². The van der Waals surface area contributed by atoms with E-state index >= 15 is 0 Å². The molecule has 1 aromatic heterocycles. The molecule has 1 fully saturated rings. The number of imidazole rings is 1. The number of fused-ring (bicyclic) bond motifs is 3. The summed E-state index contributed by atoms with van der Waals surface area (Å²) in [5.41, 5.74) is 9.32. The molecule has 3 aromatic carbocycles. The summed E-state index contributed by atoms with van der Waals surface area (Å²) in [6.07, 6.45) is 3.50. The van der Waals surface area contributed by atoms with Crippen molar-refractivity contribution in [1.82, 2.24) is 9.55 Å². The van der Waals surface area contributed by atoms with Crippen LogP contribution in [0.2, 0.25) is 5.02 Å². The Morgan fingerprint density at radius 1 is 1.11 bits per heavy atom. The second-order valence-corrected chi connectivity index (χ2v) is 9.82. The Bertz CT molecular complexity index is 1520. The first-order valence-corrected chi connectivity index (χ1v) is 12.6. The molecule has 0 amide bonds. The second-order valence-electron chi connectivity index (χ2n) is 9.41. The van der Waals surface area contributed by atoms with Crippen molar-refractivity contribution in [3.05, 3.63) is 99.3 Å². The van der Waals surface area contributed by atoms with Crippen molar-refractivity contribution in [2.24, 2.45) is 5.92 Å². The Kier molecular flexibility index (Phi) is 5.59. The molecule has 0 spiro atoms. The number of rotatable bonds is 5. The Morgan fingerprint density at radius 3 is 2.86 bits per heavy atom. The Hall–Kier alpha value is -3.55. The molecule has 4 aromatic rings. The van der Waals surface area contributed by atoms with E-state index in [-0.39, 0.29) is 0 Å². The third kappa shape index (κ3) is 3.90. The van der Waals surface area contributed by atoms with Crippen LogP contribution in [0.25, 0.3) is 16.6 Å². The quantitative estimate of drug-likeness (QED) is 0.301. The number of para-hydroxylation sites is 2. The summed E-state index contributed by atoms with van der Waals surface area (Å²) in [6.45, 7) is 3.43. The SMILES string of the molecule is CCCc1nc2c(Cl)cccc2n1Cc1ccc2c(c1)COc1ccccc1C2=C1CC1CC#N. The highest BCUT2D eigenvalue weighted by molar-refractivity contribution is 6.34. The molecule has 5 heteroatoms. The van der Waals surface area contributed by atoms with Crippen molar-refractivity contribution in [2.45, 2.75) is 45.8 Å². The molecule has 174 valence electrons. The predicted molar refractivity (Wildman–Crippen MR) is 139 cm³/mol. The Morgan fingerprint density at radius 2 is 2.00 bits per heavy atom. The number of hydrogen-bond donors (Lipinski definition) is 0. The molecule has 0 N–H and O–H groups in total. The number of nitrogens with zero attached hydrogens (tertiary/aromatic N) is 3. The summed E-state index contributed by atoms with van der Waals surface area (Å²) >= 11 is 6.47. The van der Waals surface area contributed by atoms with Crippen LogP contribution in [-0.4, -0.2) is 9.55 Å². The van der Waals surface area contributed by atoms with Crippen molar-refractivity contribution < 1.29 is 4.74 Å². The van der Waals surface area contributed by atoms with E-state index < -0.39 is 0 Å². The molecule has 4 nitrogen and oxygen atoms in total. The fourth-order valence-corrected chi connectivity index (χ4v) is 5.52. The monoisotopic (exact) mass is 479 g/mol. The number of ether oxygens (including phenoxy) is 1. The predicted octanol–water partition coefficient (Wildman–Crippen LogP) is 7.32. The lowest BCUT2D eigenvalue weighted by Gasteiger charge is -2.14. The van der Waals surface area contributed by atoms with Gasteiger partial charge in [0, 0.05) is 24.9 Å². The lowest BCUT2D eigenvalue weighted by Crippen LogP contribution is -2.06. The molecule has 6 rings (SSSR count). The van der Waals surface area contributed by atoms with Crippen LogP contribution >= 0.6 is 11.6 Å². The maximum Gasteiger partial charge on any atom is 0.127 e. The van der Waals surface area contributed by atoms with Crippen molar-refractivity contribution in [2.75, 3.05) is 0 Å². The lowest BCUT2D eigenvalue weighted by atomic mass is 9.91. The molecular weight excluding hydrogens is 454 g/mol. The van der Waals surface area contributed by atoms with Crippen LogP contribution in [-0.2, 0) is 19.6 Å². The van der Waals surface area contributed by atoms with Gasteiger partial charge in [-0.3, -0.25) is 0 Å². The minimum Gasteiger partial charge on any atom is -0.488 e. The van der Waals surface area contributed by atoms with Crippen LogP contribution in [0.5, 0.6) is 5.75 Å². The van der Waals surface area contributed by atoms with Gasteiger partial charge in [-0.1, -0.05) is 60.5 Å². The highest BCUT2D eigenvalue weighted by Crippen LogP contribution is 2.50. The van der Waals surface area contributed by atoms with Crippen LogP contribution in [0.1, 0.15) is 54.3 Å². The zero-order valence-electron chi connectivity index (χ0n) is 19.7. The van der Waals surface area contributed by atoms with Crippen LogP contribution < -0.4 is 4.74 Å². The van der Waals surface area contributed by atoms with E-state index in [1.54, 1.807) is 0 Å². The third-order valence-corrected chi connectivity index (χ3v) is 7.36. The van der Waals surface area contributed by atoms with Gasteiger partial charge < -0.3 is 9.30 Å². The minimum atomic E-state index is 0.354. The zero-order valence-corrected chi connectivity index (χ0v) is 20.5. The summed E-state index contributed by atoms with van der Waals surface area (Å²) in [5, 5.41) is 9.93. The summed E-state index contributed by atoms with van der Waals surface area (Å²) < 4.78 is 8.57. The topological polar surface area (TPSA) is 50.8 Å². The van der Waals surface area contributed by atoms with E-state index in [0.717, 1.165) is 54.0 Å². The standard InChI is InChI=1S/C30H26ClN3O/c1-2-6-28-33-30-25(31)8-5-9-26(30)34(28)17-19-11-12-22-21(15-19)18-35-27-10-4-3-7-23(27)29(22)24-16-20(24)13-14-32/h3-5,7-12,15,20H,2,6,13,16-18H2,1H3. The van der Waals surface area contributed by atoms with Gasteiger partial charge in [0.15, 0.2) is 0 Å². The number of aromatic nitrogens is 2. The first kappa shape index (κ1) is 21.9. The van der Waals surface area contributed by atoms with Crippen LogP contribution in [0.3, 0.4) is 0 Å². The van der Waals surface area contributed by atoms with Gasteiger partial charge in [0.2, 0.25) is 0 Å². The second kappa shape index (κ2) is 8.91. The molecule has 1 unspecified atom stereocenters. The molecule has 0 saturated heterocycles. The molecule has 1 aliphatic heterocycles. The molecule has 0 radical (unpaired) electrons. The lowest BCUT2D eigenvalue weighted by molar-refractivity contribution is 0.307. The highest BCUT2D eigenvalue weighted by atomic mass is 35.5. The van der Waals surface area contributed by atoms with Gasteiger partial charge in [0.25, 0.3) is 0 Å². The van der Waals surface area contributed by atoms with Crippen molar-refractivity contribution in [3.8, 4) is 11.8 Å². The van der Waals surface area contributed by atoms with Crippen molar-refractivity contribution >= 4 is 28.2 Å². The Labute approximate surface area is 210 Å². The smallest absolute Gasteiger partial charge is 0.127 e. The van der Waals surface area contributed by atoms with E-state index in [4.69, 9.17) is 21.3 Å². The van der Waals surface area contributed by atoms with Gasteiger partial charge in [-0.05, 0) is 65.3 Å². The number of halogens is 1. The number of nitriles is 1. The van der Waals surface area contributed by atoms with Gasteiger partial charge in [-0.25, -0.2) is 4.98 Å². The molecule has 2 aliphatic rings. The zero-order chi connectivity index (χ0) is 23.9. The average Bonchev–Trinajstić information content (AvgIpc) is 3.56. The summed E-state index contributed by atoms with van der Waals surface area (Å²) in [5.74, 6) is 2.33. The van der Waals surface area contributed by atoms with Crippen molar-refractivity contribution in [3.63, 3.8) is 0 Å². The molecule has 2 heterocycles. The number of allylic oxidation sites excluding steroid dienone is 1. The maximum atomic E-state index is 9.24. The number of benzene rings is 3. The molecule has 1 atom stereocenters. The molecular formula is C30H26ClN3O. The van der Waals surface area contributed by atoms with Gasteiger partial charge >= 0.3 is 0 Å². The van der Waals surface area contributed by atoms with E-state index in [9.17, 15) is 5.26 Å². The fraction of sp³-hybridized carbons (Fsp3) is 0.267. The van der Waals surface area contributed by atoms with E-state index in [1.165, 1.54) is 27.8 Å². The summed E-state index contributed by atoms with van der Waals surface area (Å²) in [6, 6.07) is 23.3.